The fraction of sp³-hybridized carbons (Fsp3) is 0.643. The van der Waals surface area contributed by atoms with Crippen molar-refractivity contribution < 1.29 is 198 Å². The minimum atomic E-state index is -1.51. The molecule has 0 amide bonds. The SMILES string of the molecule is O=[C-]CN(CCN(CCN(CC(=O)[O-])CC(=O)[O-])CC(=O)[O-])CC(=O)[O-].[Na+].[Na+].[Na+].[Na+].[Na+].[OH-]. The zero-order chi connectivity index (χ0) is 20.1. The van der Waals surface area contributed by atoms with E-state index in [1.807, 2.05) is 0 Å². The van der Waals surface area contributed by atoms with Gasteiger partial charge in [0.2, 0.25) is 0 Å². The average Bonchev–Trinajstić information content (AvgIpc) is 2.47. The quantitative estimate of drug-likeness (QED) is 0.141. The minimum Gasteiger partial charge on any atom is -0.870 e. The van der Waals surface area contributed by atoms with Crippen LogP contribution in [-0.4, -0.2) is 109 Å². The maximum atomic E-state index is 10.8. The predicted octanol–water partition coefficient (Wildman–Crippen LogP) is -23.2. The van der Waals surface area contributed by atoms with Crippen LogP contribution in [0, 0.1) is 0 Å². The van der Waals surface area contributed by atoms with E-state index in [9.17, 15) is 44.4 Å². The Kier molecular flexibility index (Phi) is 50.2. The maximum Gasteiger partial charge on any atom is 1.00 e. The Bertz CT molecular complexity index is 517. The van der Waals surface area contributed by atoms with Crippen LogP contribution in [0.3, 0.4) is 0 Å². The van der Waals surface area contributed by atoms with Crippen molar-refractivity contribution in [3.63, 3.8) is 0 Å². The molecule has 0 aliphatic heterocycles. The molecule has 0 bridgehead atoms. The number of carbonyl (C=O) groups excluding carboxylic acids is 5. The molecule has 32 heavy (non-hydrogen) atoms. The Morgan fingerprint density at radius 2 is 0.781 bits per heavy atom. The van der Waals surface area contributed by atoms with Crippen molar-refractivity contribution in [1.29, 1.82) is 0 Å². The molecular formula is C14H19N3Na5O10-. The molecule has 0 unspecified atom stereocenters. The molecule has 1 N–H and O–H groups in total. The van der Waals surface area contributed by atoms with Crippen molar-refractivity contribution in [2.45, 2.75) is 0 Å². The van der Waals surface area contributed by atoms with Crippen LogP contribution in [0.1, 0.15) is 0 Å². The van der Waals surface area contributed by atoms with Gasteiger partial charge in [-0.2, -0.15) is 0 Å². The van der Waals surface area contributed by atoms with E-state index in [2.05, 4.69) is 0 Å². The largest absolute Gasteiger partial charge is 1.00 e. The third kappa shape index (κ3) is 32.4. The standard InChI is InChI=1S/C14H22N3O9.5Na.H2O/c18-6-5-16(8-12(21)22)2-1-15(7-11(19)20)3-4-17(9-13(23)24)10-14(25)26;;;;;;/h1-5,7-10H2,(H,19,20)(H,21,22)(H,23,24)(H,25,26);;;;;;1H2/q-1;5*+1;/p-5. The van der Waals surface area contributed by atoms with Gasteiger partial charge in [0.25, 0.3) is 0 Å². The Balaban J connectivity index is -0.000000208. The first-order valence-electron chi connectivity index (χ1n) is 7.45. The molecular weight excluding hydrogens is 485 g/mol. The van der Waals surface area contributed by atoms with Crippen LogP contribution in [0.15, 0.2) is 0 Å². The molecule has 0 saturated heterocycles. The molecule has 18 heteroatoms. The molecule has 0 rings (SSSR count). The zero-order valence-corrected chi connectivity index (χ0v) is 29.3. The summed E-state index contributed by atoms with van der Waals surface area (Å²) in [7, 11) is 0. The molecule has 0 fully saturated rings. The van der Waals surface area contributed by atoms with E-state index in [4.69, 9.17) is 0 Å². The fourth-order valence-electron chi connectivity index (χ4n) is 2.09. The van der Waals surface area contributed by atoms with Gasteiger partial charge in [-0.3, -0.25) is 9.80 Å². The molecule has 0 saturated carbocycles. The summed E-state index contributed by atoms with van der Waals surface area (Å²) in [5, 5.41) is 42.6. The Hall–Kier alpha value is 2.39. The number of carbonyl (C=O) groups is 4. The molecule has 0 radical (unpaired) electrons. The Labute approximate surface area is 296 Å². The number of nitrogens with zero attached hydrogens (tertiary/aromatic N) is 3. The monoisotopic (exact) mass is 504 g/mol. The molecule has 0 aliphatic rings. The number of carboxylic acid groups (broad SMARTS) is 4. The summed E-state index contributed by atoms with van der Waals surface area (Å²) >= 11 is 0. The second-order valence-electron chi connectivity index (χ2n) is 5.33. The van der Waals surface area contributed by atoms with E-state index in [1.165, 1.54) is 11.2 Å². The van der Waals surface area contributed by atoms with Crippen LogP contribution < -0.4 is 168 Å². The number of carboxylic acids is 4. The third-order valence-corrected chi connectivity index (χ3v) is 3.16. The van der Waals surface area contributed by atoms with Gasteiger partial charge in [0.15, 0.2) is 0 Å². The summed E-state index contributed by atoms with van der Waals surface area (Å²) in [6.45, 7) is -3.04. The molecule has 0 spiro atoms. The van der Waals surface area contributed by atoms with Gasteiger partial charge in [0, 0.05) is 52.4 Å². The topological polar surface area (TPSA) is 217 Å². The van der Waals surface area contributed by atoms with Gasteiger partial charge in [-0.15, -0.1) is 0 Å². The van der Waals surface area contributed by atoms with Gasteiger partial charge >= 0.3 is 148 Å². The van der Waals surface area contributed by atoms with E-state index < -0.39 is 50.1 Å². The molecule has 0 aromatic rings. The van der Waals surface area contributed by atoms with E-state index >= 15 is 0 Å². The van der Waals surface area contributed by atoms with Crippen molar-refractivity contribution >= 4 is 30.2 Å². The summed E-state index contributed by atoms with van der Waals surface area (Å²) in [6.07, 6.45) is 1.52. The third-order valence-electron chi connectivity index (χ3n) is 3.16. The van der Waals surface area contributed by atoms with Gasteiger partial charge in [0.1, 0.15) is 0 Å². The summed E-state index contributed by atoms with van der Waals surface area (Å²) in [5.74, 6) is -5.90. The summed E-state index contributed by atoms with van der Waals surface area (Å²) in [6, 6.07) is 0. The van der Waals surface area contributed by atoms with Gasteiger partial charge < -0.3 is 54.8 Å². The Morgan fingerprint density at radius 1 is 0.531 bits per heavy atom. The van der Waals surface area contributed by atoms with Gasteiger partial charge in [-0.1, -0.05) is 6.54 Å². The van der Waals surface area contributed by atoms with E-state index in [0.717, 1.165) is 9.80 Å². The van der Waals surface area contributed by atoms with Crippen molar-refractivity contribution in [3.05, 3.63) is 0 Å². The van der Waals surface area contributed by atoms with E-state index in [1.54, 1.807) is 0 Å². The molecule has 156 valence electrons. The minimum absolute atomic E-state index is 0. The molecule has 0 heterocycles. The molecule has 13 nitrogen and oxygen atoms in total. The smallest absolute Gasteiger partial charge is 0.870 e. The first kappa shape index (κ1) is 51.1. The maximum absolute atomic E-state index is 10.8. The number of rotatable bonds is 16. The fourth-order valence-corrected chi connectivity index (χ4v) is 2.09. The van der Waals surface area contributed by atoms with Crippen molar-refractivity contribution in [1.82, 2.24) is 14.7 Å². The van der Waals surface area contributed by atoms with E-state index in [-0.39, 0.29) is 186 Å². The van der Waals surface area contributed by atoms with E-state index in [0.29, 0.717) is 0 Å². The zero-order valence-electron chi connectivity index (χ0n) is 19.3. The van der Waals surface area contributed by atoms with Crippen molar-refractivity contribution in [2.24, 2.45) is 0 Å². The number of hydrogen-bond donors (Lipinski definition) is 0. The summed E-state index contributed by atoms with van der Waals surface area (Å²) in [4.78, 5) is 56.5. The second-order valence-corrected chi connectivity index (χ2v) is 5.33. The molecule has 0 aliphatic carbocycles. The van der Waals surface area contributed by atoms with Crippen molar-refractivity contribution in [3.8, 4) is 0 Å². The Morgan fingerprint density at radius 3 is 1.09 bits per heavy atom. The number of hydrogen-bond acceptors (Lipinski definition) is 13. The van der Waals surface area contributed by atoms with Gasteiger partial charge in [-0.25, -0.2) is 6.29 Å². The van der Waals surface area contributed by atoms with Crippen LogP contribution in [-0.2, 0) is 24.0 Å². The average molecular weight is 504 g/mol. The summed E-state index contributed by atoms with van der Waals surface area (Å²) in [5.41, 5.74) is 0. The van der Waals surface area contributed by atoms with Crippen LogP contribution in [0.2, 0.25) is 0 Å². The predicted molar refractivity (Wildman–Crippen MR) is 77.0 cm³/mol. The van der Waals surface area contributed by atoms with Crippen LogP contribution in [0.5, 0.6) is 0 Å². The van der Waals surface area contributed by atoms with Crippen LogP contribution in [0.25, 0.3) is 0 Å². The first-order valence-corrected chi connectivity index (χ1v) is 7.45. The van der Waals surface area contributed by atoms with Gasteiger partial charge in [0.05, 0.1) is 23.9 Å². The van der Waals surface area contributed by atoms with Crippen LogP contribution >= 0.6 is 0 Å². The molecule has 0 aromatic carbocycles. The van der Waals surface area contributed by atoms with Crippen molar-refractivity contribution in [2.75, 3.05) is 58.9 Å². The summed E-state index contributed by atoms with van der Waals surface area (Å²) < 4.78 is 0. The number of aliphatic carboxylic acids is 4. The first-order chi connectivity index (χ1) is 12.1. The van der Waals surface area contributed by atoms with Crippen LogP contribution in [0.4, 0.5) is 0 Å². The normalized spacial score (nSPS) is 8.97. The molecule has 0 aromatic heterocycles. The second kappa shape index (κ2) is 31.4. The van der Waals surface area contributed by atoms with Gasteiger partial charge in [-0.05, 0) is 0 Å². The molecule has 0 atom stereocenters.